The smallest absolute Gasteiger partial charge is 0.368 e. The van der Waals surface area contributed by atoms with Crippen LogP contribution in [0.3, 0.4) is 0 Å². The van der Waals surface area contributed by atoms with Crippen molar-refractivity contribution in [1.29, 1.82) is 0 Å². The Morgan fingerprint density at radius 2 is 1.69 bits per heavy atom. The number of piperazine rings is 1. The zero-order chi connectivity index (χ0) is 18.7. The number of rotatable bonds is 3. The van der Waals surface area contributed by atoms with Gasteiger partial charge < -0.3 is 9.80 Å². The standard InChI is InChI=1S/C19H18ClF3N2O/c20-17-7-2-1-4-14(17)12-18(26)25-10-8-24(9-11-25)16-6-3-5-15(13-16)19(21,22)23/h1-7,13H,8-12H2. The highest BCUT2D eigenvalue weighted by atomic mass is 35.5. The molecule has 0 N–H and O–H groups in total. The predicted molar refractivity (Wildman–Crippen MR) is 95.4 cm³/mol. The molecule has 2 aromatic rings. The van der Waals surface area contributed by atoms with Crippen LogP contribution in [0.1, 0.15) is 11.1 Å². The van der Waals surface area contributed by atoms with Gasteiger partial charge in [-0.05, 0) is 29.8 Å². The summed E-state index contributed by atoms with van der Waals surface area (Å²) >= 11 is 6.09. The van der Waals surface area contributed by atoms with Crippen molar-refractivity contribution in [3.05, 3.63) is 64.7 Å². The number of amides is 1. The van der Waals surface area contributed by atoms with Gasteiger partial charge in [-0.2, -0.15) is 13.2 Å². The summed E-state index contributed by atoms with van der Waals surface area (Å²) in [6.07, 6.45) is -4.13. The summed E-state index contributed by atoms with van der Waals surface area (Å²) in [4.78, 5) is 16.0. The van der Waals surface area contributed by atoms with Crippen molar-refractivity contribution in [3.8, 4) is 0 Å². The molecule has 0 spiro atoms. The van der Waals surface area contributed by atoms with Crippen LogP contribution in [-0.4, -0.2) is 37.0 Å². The van der Waals surface area contributed by atoms with Gasteiger partial charge >= 0.3 is 6.18 Å². The molecule has 0 aliphatic carbocycles. The Labute approximate surface area is 155 Å². The highest BCUT2D eigenvalue weighted by Gasteiger charge is 2.31. The molecule has 1 heterocycles. The number of hydrogen-bond acceptors (Lipinski definition) is 2. The summed E-state index contributed by atoms with van der Waals surface area (Å²) in [5.74, 6) is -0.0261. The minimum atomic E-state index is -4.36. The largest absolute Gasteiger partial charge is 0.416 e. The van der Waals surface area contributed by atoms with Gasteiger partial charge in [0.2, 0.25) is 5.91 Å². The molecule has 0 radical (unpaired) electrons. The van der Waals surface area contributed by atoms with Gasteiger partial charge in [-0.3, -0.25) is 4.79 Å². The fourth-order valence-corrected chi connectivity index (χ4v) is 3.21. The molecule has 1 fully saturated rings. The van der Waals surface area contributed by atoms with E-state index in [0.717, 1.165) is 17.7 Å². The Kier molecular flexibility index (Phi) is 5.41. The van der Waals surface area contributed by atoms with Gasteiger partial charge in [-0.15, -0.1) is 0 Å². The Morgan fingerprint density at radius 3 is 2.35 bits per heavy atom. The lowest BCUT2D eigenvalue weighted by molar-refractivity contribution is -0.137. The second kappa shape index (κ2) is 7.58. The molecule has 1 aliphatic heterocycles. The van der Waals surface area contributed by atoms with Crippen LogP contribution in [0.2, 0.25) is 5.02 Å². The van der Waals surface area contributed by atoms with E-state index >= 15 is 0 Å². The normalized spacial score (nSPS) is 15.2. The average Bonchev–Trinajstić information content (AvgIpc) is 2.63. The van der Waals surface area contributed by atoms with Gasteiger partial charge in [0.15, 0.2) is 0 Å². The third kappa shape index (κ3) is 4.30. The highest BCUT2D eigenvalue weighted by Crippen LogP contribution is 2.31. The van der Waals surface area contributed by atoms with E-state index in [1.807, 2.05) is 23.1 Å². The molecule has 138 valence electrons. The third-order valence-electron chi connectivity index (χ3n) is 4.47. The molecular weight excluding hydrogens is 365 g/mol. The van der Waals surface area contributed by atoms with Crippen molar-refractivity contribution in [2.75, 3.05) is 31.1 Å². The molecule has 0 aromatic heterocycles. The zero-order valence-corrected chi connectivity index (χ0v) is 14.7. The Morgan fingerprint density at radius 1 is 1.00 bits per heavy atom. The Balaban J connectivity index is 1.61. The lowest BCUT2D eigenvalue weighted by Crippen LogP contribution is -2.49. The molecule has 1 saturated heterocycles. The van der Waals surface area contributed by atoms with E-state index in [1.54, 1.807) is 17.0 Å². The topological polar surface area (TPSA) is 23.6 Å². The van der Waals surface area contributed by atoms with Crippen LogP contribution < -0.4 is 4.90 Å². The number of halogens is 4. The van der Waals surface area contributed by atoms with E-state index in [0.29, 0.717) is 36.9 Å². The van der Waals surface area contributed by atoms with Gasteiger partial charge in [-0.25, -0.2) is 0 Å². The molecule has 7 heteroatoms. The van der Waals surface area contributed by atoms with Crippen LogP contribution in [0.5, 0.6) is 0 Å². The minimum absolute atomic E-state index is 0.0261. The molecule has 3 rings (SSSR count). The lowest BCUT2D eigenvalue weighted by Gasteiger charge is -2.36. The second-order valence-electron chi connectivity index (χ2n) is 6.18. The van der Waals surface area contributed by atoms with Crippen LogP contribution in [0.15, 0.2) is 48.5 Å². The monoisotopic (exact) mass is 382 g/mol. The molecule has 0 bridgehead atoms. The van der Waals surface area contributed by atoms with Crippen LogP contribution in [-0.2, 0) is 17.4 Å². The third-order valence-corrected chi connectivity index (χ3v) is 4.84. The summed E-state index contributed by atoms with van der Waals surface area (Å²) in [7, 11) is 0. The highest BCUT2D eigenvalue weighted by molar-refractivity contribution is 6.31. The first-order valence-electron chi connectivity index (χ1n) is 8.28. The quantitative estimate of drug-likeness (QED) is 0.792. The van der Waals surface area contributed by atoms with Crippen LogP contribution >= 0.6 is 11.6 Å². The summed E-state index contributed by atoms with van der Waals surface area (Å²) in [6.45, 7) is 1.93. The molecule has 0 atom stereocenters. The maximum atomic E-state index is 12.9. The first-order chi connectivity index (χ1) is 12.3. The van der Waals surface area contributed by atoms with E-state index in [1.165, 1.54) is 6.07 Å². The summed E-state index contributed by atoms with van der Waals surface area (Å²) in [5, 5.41) is 0.559. The zero-order valence-electron chi connectivity index (χ0n) is 14.0. The van der Waals surface area contributed by atoms with Crippen LogP contribution in [0.4, 0.5) is 18.9 Å². The molecule has 0 unspecified atom stereocenters. The SMILES string of the molecule is O=C(Cc1ccccc1Cl)N1CCN(c2cccc(C(F)(F)F)c2)CC1. The first-order valence-corrected chi connectivity index (χ1v) is 8.66. The van der Waals surface area contributed by atoms with Crippen molar-refractivity contribution >= 4 is 23.2 Å². The number of carbonyl (C=O) groups excluding carboxylic acids is 1. The van der Waals surface area contributed by atoms with Crippen molar-refractivity contribution in [1.82, 2.24) is 4.90 Å². The van der Waals surface area contributed by atoms with E-state index < -0.39 is 11.7 Å². The molecule has 2 aromatic carbocycles. The van der Waals surface area contributed by atoms with Gasteiger partial charge in [0.05, 0.1) is 12.0 Å². The van der Waals surface area contributed by atoms with Crippen molar-refractivity contribution < 1.29 is 18.0 Å². The molecular formula is C19H18ClF3N2O. The average molecular weight is 383 g/mol. The van der Waals surface area contributed by atoms with Gasteiger partial charge in [0.1, 0.15) is 0 Å². The van der Waals surface area contributed by atoms with Gasteiger partial charge in [0.25, 0.3) is 0 Å². The second-order valence-corrected chi connectivity index (χ2v) is 6.59. The lowest BCUT2D eigenvalue weighted by atomic mass is 10.1. The fourth-order valence-electron chi connectivity index (χ4n) is 3.01. The summed E-state index contributed by atoms with van der Waals surface area (Å²) in [6, 6.07) is 12.5. The molecule has 1 amide bonds. The molecule has 0 saturated carbocycles. The maximum absolute atomic E-state index is 12.9. The van der Waals surface area contributed by atoms with Crippen molar-refractivity contribution in [2.45, 2.75) is 12.6 Å². The minimum Gasteiger partial charge on any atom is -0.368 e. The number of hydrogen-bond donors (Lipinski definition) is 0. The van der Waals surface area contributed by atoms with Gasteiger partial charge in [-0.1, -0.05) is 35.9 Å². The molecule has 3 nitrogen and oxygen atoms in total. The van der Waals surface area contributed by atoms with Crippen molar-refractivity contribution in [3.63, 3.8) is 0 Å². The van der Waals surface area contributed by atoms with Gasteiger partial charge in [0, 0.05) is 36.9 Å². The van der Waals surface area contributed by atoms with Crippen LogP contribution in [0.25, 0.3) is 0 Å². The van der Waals surface area contributed by atoms with E-state index in [2.05, 4.69) is 0 Å². The Bertz CT molecular complexity index is 786. The number of anilines is 1. The molecule has 1 aliphatic rings. The van der Waals surface area contributed by atoms with E-state index in [-0.39, 0.29) is 12.3 Å². The summed E-state index contributed by atoms with van der Waals surface area (Å²) in [5.41, 5.74) is 0.643. The number of nitrogens with zero attached hydrogens (tertiary/aromatic N) is 2. The van der Waals surface area contributed by atoms with E-state index in [9.17, 15) is 18.0 Å². The predicted octanol–water partition coefficient (Wildman–Crippen LogP) is 4.25. The number of benzene rings is 2. The maximum Gasteiger partial charge on any atom is 0.416 e. The van der Waals surface area contributed by atoms with Crippen molar-refractivity contribution in [2.24, 2.45) is 0 Å². The number of carbonyl (C=O) groups is 1. The number of alkyl halides is 3. The Hall–Kier alpha value is -2.21. The molecule has 26 heavy (non-hydrogen) atoms. The summed E-state index contributed by atoms with van der Waals surface area (Å²) < 4.78 is 38.6. The first kappa shape index (κ1) is 18.6. The van der Waals surface area contributed by atoms with E-state index in [4.69, 9.17) is 11.6 Å². The van der Waals surface area contributed by atoms with Crippen LogP contribution in [0, 0.1) is 0 Å². The fraction of sp³-hybridized carbons (Fsp3) is 0.316.